The first kappa shape index (κ1) is 17.5. The van der Waals surface area contributed by atoms with Crippen molar-refractivity contribution in [1.82, 2.24) is 0 Å². The highest BCUT2D eigenvalue weighted by atomic mass is 16.5. The van der Waals surface area contributed by atoms with Gasteiger partial charge < -0.3 is 14.8 Å². The van der Waals surface area contributed by atoms with Gasteiger partial charge in [-0.05, 0) is 41.5 Å². The normalized spacial score (nSPS) is 10.4. The van der Waals surface area contributed by atoms with Gasteiger partial charge >= 0.3 is 5.97 Å². The zero-order chi connectivity index (χ0) is 18.5. The molecule has 1 aromatic rings. The molecular formula is C21H19NO4. The molecule has 0 saturated heterocycles. The molecule has 0 unspecified atom stereocenters. The molecule has 26 heavy (non-hydrogen) atoms. The minimum Gasteiger partial charge on any atom is -0.497 e. The Balaban J connectivity index is 1.85. The van der Waals surface area contributed by atoms with Crippen LogP contribution in [-0.2, 0) is 4.74 Å². The number of rotatable bonds is 6. The molecule has 132 valence electrons. The Hall–Kier alpha value is -3.34. The predicted molar refractivity (Wildman–Crippen MR) is 100 cm³/mol. The summed E-state index contributed by atoms with van der Waals surface area (Å²) in [6.45, 7) is 0.116. The van der Waals surface area contributed by atoms with Crippen LogP contribution in [0.15, 0.2) is 60.7 Å². The third-order valence-corrected chi connectivity index (χ3v) is 4.16. The van der Waals surface area contributed by atoms with Crippen LogP contribution in [0, 0.1) is 0 Å². The SMILES string of the molecule is COC(=O)c1cc(C(=O)CNc2ccc(OC)cc2)c2cccccc1-2. The molecule has 2 aliphatic rings. The minimum atomic E-state index is -0.455. The minimum absolute atomic E-state index is 0.104. The maximum atomic E-state index is 12.7. The average molecular weight is 349 g/mol. The number of carbonyl (C=O) groups excluding carboxylic acids is 2. The van der Waals surface area contributed by atoms with E-state index in [0.29, 0.717) is 16.7 Å². The first-order valence-electron chi connectivity index (χ1n) is 8.15. The second-order valence-corrected chi connectivity index (χ2v) is 5.71. The fourth-order valence-electron chi connectivity index (χ4n) is 2.81. The van der Waals surface area contributed by atoms with E-state index in [0.717, 1.165) is 17.0 Å². The predicted octanol–water partition coefficient (Wildman–Crippen LogP) is 3.88. The monoisotopic (exact) mass is 349 g/mol. The molecule has 3 rings (SSSR count). The van der Waals surface area contributed by atoms with Crippen LogP contribution in [0.1, 0.15) is 20.7 Å². The fraction of sp³-hybridized carbons (Fsp3) is 0.143. The van der Waals surface area contributed by atoms with Crippen molar-refractivity contribution in [2.75, 3.05) is 26.1 Å². The lowest BCUT2D eigenvalue weighted by Crippen LogP contribution is -2.13. The number of esters is 1. The van der Waals surface area contributed by atoms with Crippen LogP contribution in [0.3, 0.4) is 0 Å². The topological polar surface area (TPSA) is 64.6 Å². The van der Waals surface area contributed by atoms with Gasteiger partial charge in [-0.3, -0.25) is 4.79 Å². The number of carbonyl (C=O) groups is 2. The summed E-state index contributed by atoms with van der Waals surface area (Å²) in [5.74, 6) is 0.189. The molecule has 1 N–H and O–H groups in total. The van der Waals surface area contributed by atoms with Gasteiger partial charge in [0.2, 0.25) is 0 Å². The molecule has 1 aromatic carbocycles. The first-order chi connectivity index (χ1) is 12.6. The molecule has 5 nitrogen and oxygen atoms in total. The summed E-state index contributed by atoms with van der Waals surface area (Å²) in [6, 6.07) is 18.1. The lowest BCUT2D eigenvalue weighted by molar-refractivity contribution is 0.0602. The molecule has 5 heteroatoms. The molecular weight excluding hydrogens is 330 g/mol. The Morgan fingerprint density at radius 2 is 1.54 bits per heavy atom. The highest BCUT2D eigenvalue weighted by Gasteiger charge is 2.23. The number of hydrogen-bond acceptors (Lipinski definition) is 5. The Morgan fingerprint density at radius 1 is 0.885 bits per heavy atom. The van der Waals surface area contributed by atoms with Crippen molar-refractivity contribution in [1.29, 1.82) is 0 Å². The van der Waals surface area contributed by atoms with Gasteiger partial charge in [0.15, 0.2) is 5.78 Å². The van der Waals surface area contributed by atoms with Crippen molar-refractivity contribution in [2.45, 2.75) is 0 Å². The molecule has 0 fully saturated rings. The number of hydrogen-bond donors (Lipinski definition) is 1. The zero-order valence-corrected chi connectivity index (χ0v) is 14.6. The summed E-state index contributed by atoms with van der Waals surface area (Å²) in [6.07, 6.45) is 0. The number of ketones is 1. The van der Waals surface area contributed by atoms with Crippen LogP contribution >= 0.6 is 0 Å². The van der Waals surface area contributed by atoms with Gasteiger partial charge in [-0.25, -0.2) is 4.79 Å². The van der Waals surface area contributed by atoms with Crippen molar-refractivity contribution in [2.24, 2.45) is 0 Å². The number of benzene rings is 1. The largest absolute Gasteiger partial charge is 0.497 e. The summed E-state index contributed by atoms with van der Waals surface area (Å²) in [4.78, 5) is 24.8. The first-order valence-corrected chi connectivity index (χ1v) is 8.15. The van der Waals surface area contributed by atoms with Crippen molar-refractivity contribution in [3.8, 4) is 16.9 Å². The summed E-state index contributed by atoms with van der Waals surface area (Å²) in [5.41, 5.74) is 3.14. The number of nitrogens with one attached hydrogen (secondary N) is 1. The maximum absolute atomic E-state index is 12.7. The average Bonchev–Trinajstić information content (AvgIpc) is 2.87. The Morgan fingerprint density at radius 3 is 2.15 bits per heavy atom. The van der Waals surface area contributed by atoms with E-state index in [9.17, 15) is 9.59 Å². The smallest absolute Gasteiger partial charge is 0.338 e. The van der Waals surface area contributed by atoms with Gasteiger partial charge in [0.05, 0.1) is 26.3 Å². The van der Waals surface area contributed by atoms with Crippen LogP contribution in [0.25, 0.3) is 11.1 Å². The molecule has 0 amide bonds. The van der Waals surface area contributed by atoms with E-state index < -0.39 is 5.97 Å². The zero-order valence-electron chi connectivity index (χ0n) is 14.6. The second-order valence-electron chi connectivity index (χ2n) is 5.71. The fourth-order valence-corrected chi connectivity index (χ4v) is 2.81. The third kappa shape index (κ3) is 3.52. The van der Waals surface area contributed by atoms with E-state index in [1.807, 2.05) is 54.6 Å². The van der Waals surface area contributed by atoms with Crippen molar-refractivity contribution >= 4 is 17.4 Å². The highest BCUT2D eigenvalue weighted by Crippen LogP contribution is 2.32. The van der Waals surface area contributed by atoms with Gasteiger partial charge in [-0.1, -0.05) is 30.3 Å². The van der Waals surface area contributed by atoms with Crippen LogP contribution in [0.2, 0.25) is 0 Å². The molecule has 0 bridgehead atoms. The highest BCUT2D eigenvalue weighted by molar-refractivity contribution is 6.11. The maximum Gasteiger partial charge on any atom is 0.338 e. The molecule has 2 aliphatic carbocycles. The van der Waals surface area contributed by atoms with E-state index in [4.69, 9.17) is 9.47 Å². The lowest BCUT2D eigenvalue weighted by atomic mass is 10.1. The summed E-state index contributed by atoms with van der Waals surface area (Å²) in [7, 11) is 2.93. The van der Waals surface area contributed by atoms with Crippen molar-refractivity contribution < 1.29 is 19.1 Å². The molecule has 0 radical (unpaired) electrons. The van der Waals surface area contributed by atoms with Gasteiger partial charge in [-0.2, -0.15) is 0 Å². The second kappa shape index (κ2) is 7.70. The van der Waals surface area contributed by atoms with Gasteiger partial charge in [0, 0.05) is 11.3 Å². The molecule has 0 aromatic heterocycles. The number of methoxy groups -OCH3 is 2. The van der Waals surface area contributed by atoms with E-state index in [1.165, 1.54) is 7.11 Å². The Labute approximate surface area is 151 Å². The van der Waals surface area contributed by atoms with Gasteiger partial charge in [-0.15, -0.1) is 0 Å². The molecule has 0 spiro atoms. The van der Waals surface area contributed by atoms with Crippen LogP contribution in [0.4, 0.5) is 5.69 Å². The molecule has 0 saturated carbocycles. The summed E-state index contributed by atoms with van der Waals surface area (Å²) >= 11 is 0. The summed E-state index contributed by atoms with van der Waals surface area (Å²) < 4.78 is 9.96. The summed E-state index contributed by atoms with van der Waals surface area (Å²) in [5, 5.41) is 3.10. The molecule has 0 atom stereocenters. The van der Waals surface area contributed by atoms with Gasteiger partial charge in [0.1, 0.15) is 5.75 Å². The van der Waals surface area contributed by atoms with Crippen LogP contribution in [-0.4, -0.2) is 32.5 Å². The lowest BCUT2D eigenvalue weighted by Gasteiger charge is -2.07. The van der Waals surface area contributed by atoms with Crippen molar-refractivity contribution in [3.63, 3.8) is 0 Å². The van der Waals surface area contributed by atoms with Crippen molar-refractivity contribution in [3.05, 3.63) is 71.8 Å². The van der Waals surface area contributed by atoms with Crippen LogP contribution < -0.4 is 10.1 Å². The number of anilines is 1. The number of Topliss-reactive ketones (excluding diaryl/α,β-unsaturated/α-hetero) is 1. The van der Waals surface area contributed by atoms with E-state index >= 15 is 0 Å². The Kier molecular flexibility index (Phi) is 5.17. The van der Waals surface area contributed by atoms with Gasteiger partial charge in [0.25, 0.3) is 0 Å². The van der Waals surface area contributed by atoms with E-state index in [2.05, 4.69) is 5.32 Å². The molecule has 0 aliphatic heterocycles. The Bertz CT molecular complexity index is 902. The van der Waals surface area contributed by atoms with E-state index in [-0.39, 0.29) is 12.3 Å². The molecule has 0 heterocycles. The third-order valence-electron chi connectivity index (χ3n) is 4.16. The van der Waals surface area contributed by atoms with Crippen LogP contribution in [0.5, 0.6) is 5.75 Å². The standard InChI is InChI=1S/C21H19NO4/c1-25-15-10-8-14(9-11-15)22-13-20(23)18-12-19(21(24)26-2)17-7-5-3-4-6-16(17)18/h3-12,22H,13H2,1-2H3. The quantitative estimate of drug-likeness (QED) is 0.540. The number of ether oxygens (including phenoxy) is 2. The van der Waals surface area contributed by atoms with E-state index in [1.54, 1.807) is 13.2 Å². The number of fused-ring (bicyclic) bond motifs is 1.